The largest absolute Gasteiger partial charge is 0.0654 e. The second-order valence-corrected chi connectivity index (χ2v) is 43.2. The summed E-state index contributed by atoms with van der Waals surface area (Å²) in [5.41, 5.74) is 0. The second kappa shape index (κ2) is 119. The van der Waals surface area contributed by atoms with E-state index < -0.39 is 0 Å². The number of hydrogen-bond donors (Lipinski definition) is 0. The van der Waals surface area contributed by atoms with Crippen LogP contribution in [-0.4, -0.2) is 0 Å². The minimum atomic E-state index is 0.894. The molecule has 0 saturated heterocycles. The molecule has 0 rings (SSSR count). The minimum absolute atomic E-state index is 0.894. The van der Waals surface area contributed by atoms with Crippen LogP contribution >= 0.6 is 0 Å². The van der Waals surface area contributed by atoms with Gasteiger partial charge in [0.15, 0.2) is 0 Å². The van der Waals surface area contributed by atoms with Crippen LogP contribution in [0.2, 0.25) is 0 Å². The molecule has 0 aromatic heterocycles. The van der Waals surface area contributed by atoms with Crippen LogP contribution in [0.25, 0.3) is 0 Å². The lowest BCUT2D eigenvalue weighted by atomic mass is 10.0. The Balaban J connectivity index is 3.10. The molecule has 0 fully saturated rings. The summed E-state index contributed by atoms with van der Waals surface area (Å²) in [5.74, 6) is 0.894. The van der Waals surface area contributed by atoms with E-state index >= 15 is 0 Å². The molecule has 0 aliphatic heterocycles. The second-order valence-electron chi connectivity index (χ2n) is 43.2. The highest BCUT2D eigenvalue weighted by atomic mass is 14.1. The van der Waals surface area contributed by atoms with Gasteiger partial charge in [-0.3, -0.25) is 0 Å². The highest BCUT2D eigenvalue weighted by Crippen LogP contribution is 2.26. The summed E-state index contributed by atoms with van der Waals surface area (Å²) >= 11 is 0. The van der Waals surface area contributed by atoms with E-state index in [1.54, 1.807) is 0 Å². The van der Waals surface area contributed by atoms with E-state index in [-0.39, 0.29) is 0 Å². The summed E-state index contributed by atoms with van der Waals surface area (Å²) in [6.07, 6.45) is 176. The molecule has 0 unspecified atom stereocenters. The lowest BCUT2D eigenvalue weighted by Gasteiger charge is -2.05. The van der Waals surface area contributed by atoms with Crippen molar-refractivity contribution in [2.45, 2.75) is 778 Å². The van der Waals surface area contributed by atoms with Gasteiger partial charge < -0.3 is 0 Å². The summed E-state index contributed by atoms with van der Waals surface area (Å²) in [6, 6.07) is 0. The Labute approximate surface area is 779 Å². The third kappa shape index (κ3) is 120. The van der Waals surface area contributed by atoms with Crippen LogP contribution in [0.5, 0.6) is 0 Å². The van der Waals surface area contributed by atoms with E-state index in [4.69, 9.17) is 0 Å². The van der Waals surface area contributed by atoms with Crippen molar-refractivity contribution >= 4 is 0 Å². The molecule has 0 heteroatoms. The Hall–Kier alpha value is 0. The Morgan fingerprint density at radius 2 is 0.123 bits per heavy atom. The quantitative estimate of drug-likeness (QED) is 0.0533. The molecule has 0 amide bonds. The van der Waals surface area contributed by atoms with Gasteiger partial charge >= 0.3 is 0 Å². The van der Waals surface area contributed by atoms with Crippen molar-refractivity contribution in [3.05, 3.63) is 0 Å². The zero-order valence-corrected chi connectivity index (χ0v) is 87.0. The van der Waals surface area contributed by atoms with Crippen LogP contribution < -0.4 is 0 Å². The molecule has 0 spiro atoms. The first-order chi connectivity index (χ1) is 60.8. The normalized spacial score (nSPS) is 11.9. The maximum atomic E-state index is 2.36. The van der Waals surface area contributed by atoms with Gasteiger partial charge in [0.1, 0.15) is 0 Å². The van der Waals surface area contributed by atoms with Crippen LogP contribution in [0.4, 0.5) is 0 Å². The topological polar surface area (TPSA) is 0 Å². The van der Waals surface area contributed by atoms with Gasteiger partial charge in [-0.2, -0.15) is 0 Å². The molecule has 0 radical (unpaired) electrons. The van der Waals surface area contributed by atoms with E-state index in [0.717, 1.165) is 5.92 Å². The summed E-state index contributed by atoms with van der Waals surface area (Å²) in [4.78, 5) is 0. The zero-order valence-electron chi connectivity index (χ0n) is 87.0. The maximum absolute atomic E-state index is 2.36. The van der Waals surface area contributed by atoms with Crippen LogP contribution in [0, 0.1) is 5.92 Å². The van der Waals surface area contributed by atoms with Crippen LogP contribution in [0.3, 0.4) is 0 Å². The number of rotatable bonds is 118. The first kappa shape index (κ1) is 122. The Bertz CT molecular complexity index is 1590. The van der Waals surface area contributed by atoms with Gasteiger partial charge in [0.05, 0.1) is 0 Å². The monoisotopic (exact) mass is 1710 g/mol. The summed E-state index contributed by atoms with van der Waals surface area (Å²) < 4.78 is 0. The molecule has 0 aliphatic rings. The smallest absolute Gasteiger partial charge is 0.0471 e. The fraction of sp³-hybridized carbons (Fsp3) is 1.00. The molecule has 0 saturated carbocycles. The predicted molar refractivity (Wildman–Crippen MR) is 565 cm³/mol. The molecule has 0 nitrogen and oxygen atoms in total. The highest BCUT2D eigenvalue weighted by Gasteiger charge is 2.06. The molecule has 0 aliphatic carbocycles. The fourth-order valence-corrected chi connectivity index (χ4v) is 21.0. The van der Waals surface area contributed by atoms with Crippen LogP contribution in [-0.2, 0) is 0 Å². The van der Waals surface area contributed by atoms with Crippen molar-refractivity contribution in [2.24, 2.45) is 5.92 Å². The van der Waals surface area contributed by atoms with E-state index in [0.29, 0.717) is 0 Å². The lowest BCUT2D eigenvalue weighted by molar-refractivity contribution is 0.500. The molecule has 122 heavy (non-hydrogen) atoms. The van der Waals surface area contributed by atoms with E-state index in [1.807, 2.05) is 0 Å². The summed E-state index contributed by atoms with van der Waals surface area (Å²) in [5, 5.41) is 0. The van der Waals surface area contributed by atoms with Crippen molar-refractivity contribution in [1.29, 1.82) is 0 Å². The van der Waals surface area contributed by atoms with Gasteiger partial charge in [0.2, 0.25) is 0 Å². The molecule has 0 aromatic rings. The fourth-order valence-electron chi connectivity index (χ4n) is 21.0. The van der Waals surface area contributed by atoms with Gasteiger partial charge in [-0.25, -0.2) is 0 Å². The average Bonchev–Trinajstić information content (AvgIpc) is 1.72. The van der Waals surface area contributed by atoms with Crippen LogP contribution in [0.1, 0.15) is 778 Å². The van der Waals surface area contributed by atoms with Crippen LogP contribution in [0.15, 0.2) is 0 Å². The Morgan fingerprint density at radius 3 is 0.172 bits per heavy atom. The Kier molecular flexibility index (Phi) is 119. The van der Waals surface area contributed by atoms with Crippen molar-refractivity contribution in [3.8, 4) is 0 Å². The number of unbranched alkanes of at least 4 members (excludes halogenated alkanes) is 116. The minimum Gasteiger partial charge on any atom is -0.0654 e. The standard InChI is InChI=1S/C122H246/c1-4-5-6-7-8-9-10-11-12-13-14-15-16-17-18-19-20-21-22-23-24-25-26-27-28-29-30-31-32-33-34-35-36-37-38-39-40-41-42-43-44-45-46-47-48-49-50-51-52-53-54-55-56-57-58-59-60-61-62-63-64-65-66-67-68-69-70-71-72-73-74-75-76-77-78-79-80-81-82-83-84-85-86-87-88-89-90-91-92-93-94-95-96-97-98-99-100-101-102-103-104-105-106-107-108-109-110-111-112-113-114-115-116-117-118-119-120-121-122(2)3/h122H,4-121H2,1-3H3. The van der Waals surface area contributed by atoms with Crippen molar-refractivity contribution in [1.82, 2.24) is 0 Å². The SMILES string of the molecule is CCCCCCCCCCCCCCCCCCCCCCCCCCCCCCCCCCCCCCCCCCCCCCCCCCCCCCCCCCCCCCCCCCCCCCCCCCCCCCCCCCCCCCCCCCCCCCCCCCCCCCCCCCCCCCCCCCCCCCCC(C)C. The van der Waals surface area contributed by atoms with E-state index in [1.165, 1.54) is 758 Å². The van der Waals surface area contributed by atoms with Gasteiger partial charge in [0, 0.05) is 0 Å². The molecule has 0 bridgehead atoms. The van der Waals surface area contributed by atoms with Gasteiger partial charge in [0.25, 0.3) is 0 Å². The maximum Gasteiger partial charge on any atom is -0.0471 e. The summed E-state index contributed by atoms with van der Waals surface area (Å²) in [6.45, 7) is 7.04. The molecule has 0 heterocycles. The predicted octanol–water partition coefficient (Wildman–Crippen LogP) is 47.7. The van der Waals surface area contributed by atoms with Gasteiger partial charge in [-0.05, 0) is 5.92 Å². The summed E-state index contributed by atoms with van der Waals surface area (Å²) in [7, 11) is 0. The first-order valence-electron chi connectivity index (χ1n) is 60.8. The van der Waals surface area contributed by atoms with Crippen molar-refractivity contribution in [3.63, 3.8) is 0 Å². The van der Waals surface area contributed by atoms with Gasteiger partial charge in [-0.1, -0.05) is 778 Å². The van der Waals surface area contributed by atoms with Crippen molar-refractivity contribution < 1.29 is 0 Å². The highest BCUT2D eigenvalue weighted by molar-refractivity contribution is 4.62. The zero-order chi connectivity index (χ0) is 87.0. The third-order valence-electron chi connectivity index (χ3n) is 29.9. The molecular formula is C122H246. The first-order valence-corrected chi connectivity index (χ1v) is 60.8. The Morgan fingerprint density at radius 1 is 0.0738 bits per heavy atom. The molecule has 734 valence electrons. The average molecular weight is 1710 g/mol. The molecule has 0 N–H and O–H groups in total. The number of hydrogen-bond acceptors (Lipinski definition) is 0. The molecule has 0 aromatic carbocycles. The molecule has 0 atom stereocenters. The van der Waals surface area contributed by atoms with E-state index in [9.17, 15) is 0 Å². The van der Waals surface area contributed by atoms with E-state index in [2.05, 4.69) is 20.8 Å². The lowest BCUT2D eigenvalue weighted by Crippen LogP contribution is -1.87. The molecular weight excluding hydrogens is 1470 g/mol. The third-order valence-corrected chi connectivity index (χ3v) is 29.9. The van der Waals surface area contributed by atoms with Gasteiger partial charge in [-0.15, -0.1) is 0 Å². The van der Waals surface area contributed by atoms with Crippen molar-refractivity contribution in [2.75, 3.05) is 0 Å².